The topological polar surface area (TPSA) is 82.9 Å². The third-order valence-corrected chi connectivity index (χ3v) is 4.27. The number of methoxy groups -OCH3 is 1. The summed E-state index contributed by atoms with van der Waals surface area (Å²) in [7, 11) is 3.35. The largest absolute Gasteiger partial charge is 0.495 e. The lowest BCUT2D eigenvalue weighted by Crippen LogP contribution is -2.10. The summed E-state index contributed by atoms with van der Waals surface area (Å²) in [5.74, 6) is 1.67. The first-order valence-electron chi connectivity index (χ1n) is 8.34. The summed E-state index contributed by atoms with van der Waals surface area (Å²) in [5, 5.41) is 15.0. The molecule has 0 spiro atoms. The number of nitrogens with one attached hydrogen (secondary N) is 3. The summed E-state index contributed by atoms with van der Waals surface area (Å²) in [6.45, 7) is 1.70. The normalized spacial score (nSPS) is 10.4. The summed E-state index contributed by atoms with van der Waals surface area (Å²) < 4.78 is 5.28. The highest BCUT2D eigenvalue weighted by Crippen LogP contribution is 2.32. The standard InChI is InChI=1S/C20H20ClN5O/c1-12(22)17-18(23-2)20(24-14-9-10-15(21)16(11-14)27-3)26-19(25-17)13-7-5-4-6-8-13/h4-11,22-23H,1-3H3,(H,24,25,26). The molecule has 0 unspecified atom stereocenters. The van der Waals surface area contributed by atoms with E-state index in [9.17, 15) is 0 Å². The van der Waals surface area contributed by atoms with E-state index in [-0.39, 0.29) is 0 Å². The molecule has 3 rings (SSSR count). The van der Waals surface area contributed by atoms with Gasteiger partial charge in [0.1, 0.15) is 17.1 Å². The Balaban J connectivity index is 2.12. The molecule has 3 N–H and O–H groups in total. The predicted molar refractivity (Wildman–Crippen MR) is 111 cm³/mol. The maximum Gasteiger partial charge on any atom is 0.162 e. The van der Waals surface area contributed by atoms with E-state index < -0.39 is 0 Å². The number of benzene rings is 2. The average molecular weight is 382 g/mol. The number of ether oxygens (including phenoxy) is 1. The van der Waals surface area contributed by atoms with Crippen LogP contribution >= 0.6 is 11.6 Å². The van der Waals surface area contributed by atoms with Gasteiger partial charge in [0.05, 0.1) is 17.8 Å². The van der Waals surface area contributed by atoms with Gasteiger partial charge in [0.2, 0.25) is 0 Å². The SMILES string of the molecule is CNc1c(Nc2ccc(Cl)c(OC)c2)nc(-c2ccccc2)nc1C(C)=N. The molecular formula is C20H20ClN5O. The first-order chi connectivity index (χ1) is 13.0. The Hall–Kier alpha value is -3.12. The van der Waals surface area contributed by atoms with E-state index in [1.54, 1.807) is 33.2 Å². The van der Waals surface area contributed by atoms with Crippen LogP contribution in [0.4, 0.5) is 17.2 Å². The molecule has 2 aromatic carbocycles. The molecule has 27 heavy (non-hydrogen) atoms. The Bertz CT molecular complexity index is 976. The highest BCUT2D eigenvalue weighted by Gasteiger charge is 2.16. The van der Waals surface area contributed by atoms with Gasteiger partial charge in [0, 0.05) is 24.4 Å². The number of hydrogen-bond acceptors (Lipinski definition) is 6. The number of rotatable bonds is 6. The van der Waals surface area contributed by atoms with Crippen LogP contribution in [-0.2, 0) is 0 Å². The molecule has 1 heterocycles. The van der Waals surface area contributed by atoms with Gasteiger partial charge in [-0.05, 0) is 19.1 Å². The van der Waals surface area contributed by atoms with Gasteiger partial charge in [0.25, 0.3) is 0 Å². The van der Waals surface area contributed by atoms with Gasteiger partial charge in [0.15, 0.2) is 11.6 Å². The van der Waals surface area contributed by atoms with Gasteiger partial charge >= 0.3 is 0 Å². The van der Waals surface area contributed by atoms with Crippen molar-refractivity contribution in [1.82, 2.24) is 9.97 Å². The molecule has 0 aliphatic heterocycles. The van der Waals surface area contributed by atoms with Crippen LogP contribution in [0.3, 0.4) is 0 Å². The number of halogens is 1. The zero-order chi connectivity index (χ0) is 19.4. The molecule has 0 fully saturated rings. The maximum atomic E-state index is 8.11. The van der Waals surface area contributed by atoms with Crippen molar-refractivity contribution in [2.75, 3.05) is 24.8 Å². The molecule has 0 radical (unpaired) electrons. The van der Waals surface area contributed by atoms with Gasteiger partial charge in [-0.25, -0.2) is 9.97 Å². The van der Waals surface area contributed by atoms with Crippen molar-refractivity contribution in [2.45, 2.75) is 6.92 Å². The minimum Gasteiger partial charge on any atom is -0.495 e. The monoisotopic (exact) mass is 381 g/mol. The first kappa shape index (κ1) is 18.7. The Kier molecular flexibility index (Phi) is 5.57. The zero-order valence-electron chi connectivity index (χ0n) is 15.3. The van der Waals surface area contributed by atoms with E-state index in [1.807, 2.05) is 36.4 Å². The molecule has 0 aliphatic carbocycles. The van der Waals surface area contributed by atoms with Crippen LogP contribution in [0.25, 0.3) is 11.4 Å². The summed E-state index contributed by atoms with van der Waals surface area (Å²) in [5.41, 5.74) is 3.17. The molecule has 1 aromatic heterocycles. The fraction of sp³-hybridized carbons (Fsp3) is 0.150. The predicted octanol–water partition coefficient (Wildman–Crippen LogP) is 4.98. The van der Waals surface area contributed by atoms with Gasteiger partial charge in [-0.1, -0.05) is 41.9 Å². The van der Waals surface area contributed by atoms with Gasteiger partial charge in [-0.2, -0.15) is 0 Å². The zero-order valence-corrected chi connectivity index (χ0v) is 16.1. The minimum absolute atomic E-state index is 0.343. The van der Waals surface area contributed by atoms with Crippen molar-refractivity contribution in [3.63, 3.8) is 0 Å². The number of anilines is 3. The van der Waals surface area contributed by atoms with Crippen LogP contribution < -0.4 is 15.4 Å². The van der Waals surface area contributed by atoms with Gasteiger partial charge in [-0.15, -0.1) is 0 Å². The van der Waals surface area contributed by atoms with Crippen molar-refractivity contribution in [1.29, 1.82) is 5.41 Å². The smallest absolute Gasteiger partial charge is 0.162 e. The molecule has 0 saturated heterocycles. The summed E-state index contributed by atoms with van der Waals surface area (Å²) in [6.07, 6.45) is 0. The van der Waals surface area contributed by atoms with Gasteiger partial charge < -0.3 is 20.8 Å². The lowest BCUT2D eigenvalue weighted by atomic mass is 10.1. The summed E-state index contributed by atoms with van der Waals surface area (Å²) in [4.78, 5) is 9.25. The second-order valence-electron chi connectivity index (χ2n) is 5.83. The number of hydrogen-bond donors (Lipinski definition) is 3. The molecule has 0 amide bonds. The molecule has 0 saturated carbocycles. The van der Waals surface area contributed by atoms with Gasteiger partial charge in [-0.3, -0.25) is 0 Å². The van der Waals surface area contributed by atoms with E-state index in [1.165, 1.54) is 0 Å². The van der Waals surface area contributed by atoms with Crippen molar-refractivity contribution in [3.05, 3.63) is 59.2 Å². The molecule has 0 bridgehead atoms. The fourth-order valence-electron chi connectivity index (χ4n) is 2.65. The highest BCUT2D eigenvalue weighted by atomic mass is 35.5. The first-order valence-corrected chi connectivity index (χ1v) is 8.72. The lowest BCUT2D eigenvalue weighted by Gasteiger charge is -2.16. The van der Waals surface area contributed by atoms with Crippen molar-refractivity contribution < 1.29 is 4.74 Å². The van der Waals surface area contributed by atoms with Crippen molar-refractivity contribution in [2.24, 2.45) is 0 Å². The minimum atomic E-state index is 0.343. The lowest BCUT2D eigenvalue weighted by molar-refractivity contribution is 0.415. The molecule has 138 valence electrons. The van der Waals surface area contributed by atoms with Crippen molar-refractivity contribution >= 4 is 34.5 Å². The van der Waals surface area contributed by atoms with E-state index in [2.05, 4.69) is 20.6 Å². The summed E-state index contributed by atoms with van der Waals surface area (Å²) in [6, 6.07) is 15.1. The van der Waals surface area contributed by atoms with Crippen LogP contribution in [0, 0.1) is 5.41 Å². The molecule has 7 heteroatoms. The Morgan fingerprint density at radius 3 is 2.48 bits per heavy atom. The number of aromatic nitrogens is 2. The van der Waals surface area contributed by atoms with E-state index in [4.69, 9.17) is 21.7 Å². The van der Waals surface area contributed by atoms with E-state index in [0.717, 1.165) is 11.3 Å². The third-order valence-electron chi connectivity index (χ3n) is 3.96. The average Bonchev–Trinajstić information content (AvgIpc) is 2.69. The number of nitrogens with zero attached hydrogens (tertiary/aromatic N) is 2. The van der Waals surface area contributed by atoms with E-state index >= 15 is 0 Å². The molecular weight excluding hydrogens is 362 g/mol. The Morgan fingerprint density at radius 1 is 1.11 bits per heavy atom. The summed E-state index contributed by atoms with van der Waals surface area (Å²) >= 11 is 6.11. The van der Waals surface area contributed by atoms with Crippen LogP contribution in [0.5, 0.6) is 5.75 Å². The molecule has 0 atom stereocenters. The molecule has 0 aliphatic rings. The highest BCUT2D eigenvalue weighted by molar-refractivity contribution is 6.32. The second-order valence-corrected chi connectivity index (χ2v) is 6.24. The van der Waals surface area contributed by atoms with Crippen LogP contribution in [0.2, 0.25) is 5.02 Å². The van der Waals surface area contributed by atoms with E-state index in [0.29, 0.717) is 39.5 Å². The Morgan fingerprint density at radius 2 is 1.85 bits per heavy atom. The molecule has 6 nitrogen and oxygen atoms in total. The van der Waals surface area contributed by atoms with Crippen LogP contribution in [0.1, 0.15) is 12.6 Å². The third kappa shape index (κ3) is 4.01. The fourth-order valence-corrected chi connectivity index (χ4v) is 2.84. The van der Waals surface area contributed by atoms with Crippen molar-refractivity contribution in [3.8, 4) is 17.1 Å². The maximum absolute atomic E-state index is 8.11. The Labute approximate surface area is 163 Å². The second kappa shape index (κ2) is 8.05. The quantitative estimate of drug-likeness (QED) is 0.524. The molecule has 3 aromatic rings. The van der Waals surface area contributed by atoms with Crippen LogP contribution in [-0.4, -0.2) is 29.8 Å². The van der Waals surface area contributed by atoms with Crippen LogP contribution in [0.15, 0.2) is 48.5 Å².